The van der Waals surface area contributed by atoms with E-state index >= 15 is 0 Å². The van der Waals surface area contributed by atoms with Crippen LogP contribution in [0, 0.1) is 11.3 Å². The third-order valence-corrected chi connectivity index (χ3v) is 6.55. The van der Waals surface area contributed by atoms with Crippen molar-refractivity contribution in [2.24, 2.45) is 11.3 Å². The van der Waals surface area contributed by atoms with Crippen LogP contribution in [-0.4, -0.2) is 53.4 Å². The van der Waals surface area contributed by atoms with Crippen molar-refractivity contribution < 1.29 is 23.9 Å². The summed E-state index contributed by atoms with van der Waals surface area (Å²) in [5.74, 6) is -1.04. The smallest absolute Gasteiger partial charge is 0.330 e. The zero-order chi connectivity index (χ0) is 21.3. The predicted octanol–water partition coefficient (Wildman–Crippen LogP) is 1.97. The van der Waals surface area contributed by atoms with E-state index in [0.29, 0.717) is 18.8 Å². The Morgan fingerprint density at radius 2 is 1.79 bits per heavy atom. The summed E-state index contributed by atoms with van der Waals surface area (Å²) in [5.41, 5.74) is -1.95. The summed E-state index contributed by atoms with van der Waals surface area (Å²) in [4.78, 5) is 50.4. The minimum atomic E-state index is -1.24. The Morgan fingerprint density at radius 1 is 1.21 bits per heavy atom. The first-order valence-electron chi connectivity index (χ1n) is 9.92. The van der Waals surface area contributed by atoms with E-state index in [1.165, 1.54) is 21.0 Å². The molecule has 0 aromatic heterocycles. The second kappa shape index (κ2) is 7.72. The van der Waals surface area contributed by atoms with E-state index in [-0.39, 0.29) is 11.3 Å². The van der Waals surface area contributed by atoms with Gasteiger partial charge in [0, 0.05) is 0 Å². The minimum Gasteiger partial charge on any atom is -0.467 e. The standard InChI is InChI=1S/C20H33N3O5/c1-7-18(2,3)13-8-10-20(11-9-13)15(25)23(17(27)22-20)12-14(24)21-19(4,5)16(26)28-6/h13H,7-12H2,1-6H3,(H,21,24)(H,22,27). The molecule has 158 valence electrons. The molecule has 0 unspecified atom stereocenters. The topological polar surface area (TPSA) is 105 Å². The van der Waals surface area contributed by atoms with Gasteiger partial charge in [-0.3, -0.25) is 14.5 Å². The number of nitrogens with zero attached hydrogens (tertiary/aromatic N) is 1. The molecule has 2 N–H and O–H groups in total. The zero-order valence-corrected chi connectivity index (χ0v) is 17.8. The van der Waals surface area contributed by atoms with E-state index in [0.717, 1.165) is 24.2 Å². The summed E-state index contributed by atoms with van der Waals surface area (Å²) >= 11 is 0. The fourth-order valence-electron chi connectivity index (χ4n) is 4.18. The van der Waals surface area contributed by atoms with Crippen molar-refractivity contribution in [1.29, 1.82) is 0 Å². The van der Waals surface area contributed by atoms with Gasteiger partial charge in [0.1, 0.15) is 17.6 Å². The molecule has 1 aliphatic carbocycles. The maximum atomic E-state index is 13.0. The molecule has 1 saturated heterocycles. The van der Waals surface area contributed by atoms with Gasteiger partial charge in [-0.2, -0.15) is 0 Å². The third kappa shape index (κ3) is 4.15. The Labute approximate surface area is 166 Å². The number of carbonyl (C=O) groups excluding carboxylic acids is 4. The van der Waals surface area contributed by atoms with Gasteiger partial charge in [0.25, 0.3) is 5.91 Å². The Bertz CT molecular complexity index is 663. The van der Waals surface area contributed by atoms with Crippen molar-refractivity contribution in [3.8, 4) is 0 Å². The first-order chi connectivity index (χ1) is 12.9. The summed E-state index contributed by atoms with van der Waals surface area (Å²) in [5, 5.41) is 5.34. The Kier molecular flexibility index (Phi) is 6.11. The normalized spacial score (nSPS) is 25.6. The first-order valence-corrected chi connectivity index (χ1v) is 9.92. The molecule has 1 heterocycles. The molecule has 28 heavy (non-hydrogen) atoms. The maximum absolute atomic E-state index is 13.0. The first kappa shape index (κ1) is 22.2. The number of ether oxygens (including phenoxy) is 1. The zero-order valence-electron chi connectivity index (χ0n) is 17.8. The monoisotopic (exact) mass is 395 g/mol. The molecule has 1 aliphatic heterocycles. The summed E-state index contributed by atoms with van der Waals surface area (Å²) < 4.78 is 4.65. The predicted molar refractivity (Wildman–Crippen MR) is 103 cm³/mol. The van der Waals surface area contributed by atoms with Gasteiger partial charge in [-0.1, -0.05) is 27.2 Å². The number of nitrogens with one attached hydrogen (secondary N) is 2. The van der Waals surface area contributed by atoms with Crippen LogP contribution in [0.25, 0.3) is 0 Å². The molecule has 8 heteroatoms. The summed E-state index contributed by atoms with van der Waals surface area (Å²) in [6, 6.07) is -0.552. The van der Waals surface area contributed by atoms with Crippen LogP contribution >= 0.6 is 0 Å². The van der Waals surface area contributed by atoms with Crippen molar-refractivity contribution in [1.82, 2.24) is 15.5 Å². The van der Waals surface area contributed by atoms with Crippen LogP contribution in [0.5, 0.6) is 0 Å². The van der Waals surface area contributed by atoms with Crippen LogP contribution in [-0.2, 0) is 19.1 Å². The molecule has 2 aliphatic rings. The molecule has 2 fully saturated rings. The van der Waals surface area contributed by atoms with Crippen LogP contribution in [0.15, 0.2) is 0 Å². The van der Waals surface area contributed by atoms with Crippen LogP contribution in [0.3, 0.4) is 0 Å². The molecule has 0 radical (unpaired) electrons. The van der Waals surface area contributed by atoms with Gasteiger partial charge in [-0.15, -0.1) is 0 Å². The minimum absolute atomic E-state index is 0.201. The van der Waals surface area contributed by atoms with Crippen molar-refractivity contribution >= 4 is 23.8 Å². The highest BCUT2D eigenvalue weighted by Crippen LogP contribution is 2.45. The fraction of sp³-hybridized carbons (Fsp3) is 0.800. The lowest BCUT2D eigenvalue weighted by molar-refractivity contribution is -0.149. The van der Waals surface area contributed by atoms with E-state index in [1.807, 2.05) is 0 Å². The summed E-state index contributed by atoms with van der Waals surface area (Å²) in [6.07, 6.45) is 3.95. The highest BCUT2D eigenvalue weighted by molar-refractivity contribution is 6.09. The SMILES string of the molecule is CCC(C)(C)C1CCC2(CC1)NC(=O)N(CC(=O)NC(C)(C)C(=O)OC)C2=O. The Morgan fingerprint density at radius 3 is 2.29 bits per heavy atom. The van der Waals surface area contributed by atoms with Crippen LogP contribution in [0.4, 0.5) is 4.79 Å². The molecule has 0 aromatic carbocycles. The highest BCUT2D eigenvalue weighted by Gasteiger charge is 2.53. The molecule has 0 bridgehead atoms. The maximum Gasteiger partial charge on any atom is 0.330 e. The molecule has 1 spiro atoms. The third-order valence-electron chi connectivity index (χ3n) is 6.55. The van der Waals surface area contributed by atoms with Gasteiger partial charge >= 0.3 is 12.0 Å². The van der Waals surface area contributed by atoms with Crippen molar-refractivity contribution in [3.05, 3.63) is 0 Å². The van der Waals surface area contributed by atoms with E-state index in [9.17, 15) is 19.2 Å². The van der Waals surface area contributed by atoms with Crippen molar-refractivity contribution in [2.75, 3.05) is 13.7 Å². The lowest BCUT2D eigenvalue weighted by Crippen LogP contribution is -2.54. The van der Waals surface area contributed by atoms with Gasteiger partial charge in [0.15, 0.2) is 0 Å². The molecule has 1 saturated carbocycles. The Hall–Kier alpha value is -2.12. The summed E-state index contributed by atoms with van der Waals surface area (Å²) in [6.45, 7) is 9.23. The van der Waals surface area contributed by atoms with Crippen LogP contribution in [0.1, 0.15) is 66.7 Å². The quantitative estimate of drug-likeness (QED) is 0.528. The molecule has 0 aromatic rings. The molecule has 4 amide bonds. The lowest BCUT2D eigenvalue weighted by atomic mass is 9.65. The molecule has 2 rings (SSSR count). The lowest BCUT2D eigenvalue weighted by Gasteiger charge is -2.42. The second-order valence-corrected chi connectivity index (χ2v) is 9.18. The molecule has 0 atom stereocenters. The number of hydrogen-bond acceptors (Lipinski definition) is 5. The highest BCUT2D eigenvalue weighted by atomic mass is 16.5. The van der Waals surface area contributed by atoms with E-state index in [4.69, 9.17) is 0 Å². The second-order valence-electron chi connectivity index (χ2n) is 9.18. The van der Waals surface area contributed by atoms with E-state index < -0.39 is 35.5 Å². The number of hydrogen-bond donors (Lipinski definition) is 2. The molecular weight excluding hydrogens is 362 g/mol. The number of esters is 1. The number of imide groups is 1. The van der Waals surface area contributed by atoms with Gasteiger partial charge in [0.2, 0.25) is 5.91 Å². The number of methoxy groups -OCH3 is 1. The van der Waals surface area contributed by atoms with E-state index in [2.05, 4.69) is 36.1 Å². The average molecular weight is 396 g/mol. The molecular formula is C20H33N3O5. The van der Waals surface area contributed by atoms with Crippen LogP contribution in [0.2, 0.25) is 0 Å². The number of rotatable bonds is 6. The van der Waals surface area contributed by atoms with Gasteiger partial charge in [0.05, 0.1) is 7.11 Å². The van der Waals surface area contributed by atoms with Gasteiger partial charge < -0.3 is 15.4 Å². The van der Waals surface area contributed by atoms with Gasteiger partial charge in [-0.25, -0.2) is 9.59 Å². The number of urea groups is 1. The van der Waals surface area contributed by atoms with Crippen molar-refractivity contribution in [3.63, 3.8) is 0 Å². The van der Waals surface area contributed by atoms with Crippen LogP contribution < -0.4 is 10.6 Å². The van der Waals surface area contributed by atoms with Gasteiger partial charge in [-0.05, 0) is 50.9 Å². The average Bonchev–Trinajstić information content (AvgIpc) is 2.85. The van der Waals surface area contributed by atoms with E-state index in [1.54, 1.807) is 0 Å². The fourth-order valence-corrected chi connectivity index (χ4v) is 4.18. The summed E-state index contributed by atoms with van der Waals surface area (Å²) in [7, 11) is 1.23. The van der Waals surface area contributed by atoms with Crippen molar-refractivity contribution in [2.45, 2.75) is 77.8 Å². The Balaban J connectivity index is 2.03. The number of carbonyl (C=O) groups is 4. The largest absolute Gasteiger partial charge is 0.467 e. The number of amides is 4. The molecule has 8 nitrogen and oxygen atoms in total.